The number of halogens is 2. The molecule has 1 aliphatic heterocycles. The summed E-state index contributed by atoms with van der Waals surface area (Å²) in [6.45, 7) is 3.37. The standard InChI is InChI=1S/C14H23ClN4O2.HI/c1-16-14(17-7-13-10-20-4-5-21-13)19(3)9-12-6-11(15)8-18(12)2;/h6,8,13H,4-5,7,9-10H2,1-3H3,(H,16,17);1H. The molecule has 0 spiro atoms. The summed E-state index contributed by atoms with van der Waals surface area (Å²) in [4.78, 5) is 6.35. The predicted molar refractivity (Wildman–Crippen MR) is 99.2 cm³/mol. The third kappa shape index (κ3) is 5.60. The van der Waals surface area contributed by atoms with Crippen molar-refractivity contribution in [3.05, 3.63) is 23.0 Å². The van der Waals surface area contributed by atoms with E-state index in [4.69, 9.17) is 21.1 Å². The second-order valence-corrected chi connectivity index (χ2v) is 5.55. The van der Waals surface area contributed by atoms with E-state index >= 15 is 0 Å². The molecule has 1 N–H and O–H groups in total. The lowest BCUT2D eigenvalue weighted by Crippen LogP contribution is -2.45. The number of nitrogens with zero attached hydrogens (tertiary/aromatic N) is 3. The lowest BCUT2D eigenvalue weighted by molar-refractivity contribution is -0.0851. The van der Waals surface area contributed by atoms with Crippen LogP contribution >= 0.6 is 35.6 Å². The van der Waals surface area contributed by atoms with Gasteiger partial charge in [0.05, 0.1) is 37.5 Å². The molecule has 0 radical (unpaired) electrons. The summed E-state index contributed by atoms with van der Waals surface area (Å²) in [5.41, 5.74) is 1.13. The molecule has 0 amide bonds. The van der Waals surface area contributed by atoms with Crippen LogP contribution < -0.4 is 5.32 Å². The van der Waals surface area contributed by atoms with Gasteiger partial charge in [-0.15, -0.1) is 24.0 Å². The molecule has 1 unspecified atom stereocenters. The van der Waals surface area contributed by atoms with Crippen molar-refractivity contribution >= 4 is 41.5 Å². The van der Waals surface area contributed by atoms with E-state index in [2.05, 4.69) is 15.2 Å². The number of hydrogen-bond acceptors (Lipinski definition) is 3. The van der Waals surface area contributed by atoms with E-state index in [1.54, 1.807) is 7.05 Å². The number of rotatable bonds is 4. The lowest BCUT2D eigenvalue weighted by Gasteiger charge is -2.27. The molecule has 1 atom stereocenters. The van der Waals surface area contributed by atoms with Crippen LogP contribution in [0.2, 0.25) is 5.02 Å². The number of ether oxygens (including phenoxy) is 2. The Labute approximate surface area is 153 Å². The van der Waals surface area contributed by atoms with E-state index in [1.165, 1.54) is 0 Å². The van der Waals surface area contributed by atoms with Crippen molar-refractivity contribution in [3.8, 4) is 0 Å². The van der Waals surface area contributed by atoms with E-state index in [1.807, 2.05) is 30.9 Å². The first kappa shape index (κ1) is 19.5. The molecule has 2 rings (SSSR count). The highest BCUT2D eigenvalue weighted by atomic mass is 127. The molecule has 22 heavy (non-hydrogen) atoms. The number of aliphatic imine (C=N–C) groups is 1. The molecular weight excluding hydrogens is 419 g/mol. The minimum absolute atomic E-state index is 0. The zero-order valence-electron chi connectivity index (χ0n) is 13.2. The van der Waals surface area contributed by atoms with Crippen LogP contribution in [0.25, 0.3) is 0 Å². The third-order valence-corrected chi connectivity index (χ3v) is 3.63. The van der Waals surface area contributed by atoms with Gasteiger partial charge in [0, 0.05) is 39.6 Å². The van der Waals surface area contributed by atoms with Gasteiger partial charge in [0.15, 0.2) is 5.96 Å². The number of nitrogens with one attached hydrogen (secondary N) is 1. The summed E-state index contributed by atoms with van der Waals surface area (Å²) in [7, 11) is 5.75. The maximum Gasteiger partial charge on any atom is 0.193 e. The molecular formula is C14H24ClIN4O2. The fourth-order valence-corrected chi connectivity index (χ4v) is 2.56. The molecule has 1 aliphatic rings. The summed E-state index contributed by atoms with van der Waals surface area (Å²) in [5, 5.41) is 4.06. The topological polar surface area (TPSA) is 51.0 Å². The summed E-state index contributed by atoms with van der Waals surface area (Å²) in [6, 6.07) is 1.96. The SMILES string of the molecule is CN=C(NCC1COCCO1)N(C)Cc1cc(Cl)cn1C.I. The van der Waals surface area contributed by atoms with E-state index in [0.29, 0.717) is 26.4 Å². The number of aromatic nitrogens is 1. The van der Waals surface area contributed by atoms with Crippen LogP contribution in [0.5, 0.6) is 0 Å². The maximum absolute atomic E-state index is 6.01. The number of guanidine groups is 1. The highest BCUT2D eigenvalue weighted by Crippen LogP contribution is 2.14. The van der Waals surface area contributed by atoms with Crippen LogP contribution in [-0.4, -0.2) is 62.0 Å². The fraction of sp³-hybridized carbons (Fsp3) is 0.643. The Balaban J connectivity index is 0.00000242. The Bertz CT molecular complexity index is 489. The molecule has 1 saturated heterocycles. The molecule has 0 saturated carbocycles. The van der Waals surface area contributed by atoms with E-state index < -0.39 is 0 Å². The van der Waals surface area contributed by atoms with Gasteiger partial charge in [-0.1, -0.05) is 11.6 Å². The van der Waals surface area contributed by atoms with Gasteiger partial charge in [-0.2, -0.15) is 0 Å². The van der Waals surface area contributed by atoms with Crippen molar-refractivity contribution in [2.75, 3.05) is 40.5 Å². The van der Waals surface area contributed by atoms with Crippen LogP contribution in [0.4, 0.5) is 0 Å². The Morgan fingerprint density at radius 1 is 1.55 bits per heavy atom. The van der Waals surface area contributed by atoms with Gasteiger partial charge >= 0.3 is 0 Å². The molecule has 8 heteroatoms. The fourth-order valence-electron chi connectivity index (χ4n) is 2.29. The minimum atomic E-state index is 0. The van der Waals surface area contributed by atoms with Gasteiger partial charge in [-0.25, -0.2) is 0 Å². The van der Waals surface area contributed by atoms with Crippen molar-refractivity contribution in [3.63, 3.8) is 0 Å². The second kappa shape index (κ2) is 9.59. The third-order valence-electron chi connectivity index (χ3n) is 3.42. The van der Waals surface area contributed by atoms with Crippen LogP contribution in [0.15, 0.2) is 17.3 Å². The molecule has 1 fully saturated rings. The molecule has 0 aliphatic carbocycles. The van der Waals surface area contributed by atoms with Crippen molar-refractivity contribution in [2.24, 2.45) is 12.0 Å². The zero-order chi connectivity index (χ0) is 15.2. The smallest absolute Gasteiger partial charge is 0.193 e. The Hall–Kier alpha value is -0.510. The van der Waals surface area contributed by atoms with Crippen LogP contribution in [0, 0.1) is 0 Å². The van der Waals surface area contributed by atoms with Crippen molar-refractivity contribution in [2.45, 2.75) is 12.6 Å². The van der Waals surface area contributed by atoms with Crippen LogP contribution in [0.1, 0.15) is 5.69 Å². The van der Waals surface area contributed by atoms with Gasteiger partial charge in [-0.05, 0) is 6.07 Å². The molecule has 2 heterocycles. The van der Waals surface area contributed by atoms with Gasteiger partial charge in [0.2, 0.25) is 0 Å². The number of aryl methyl sites for hydroxylation is 1. The minimum Gasteiger partial charge on any atom is -0.376 e. The quantitative estimate of drug-likeness (QED) is 0.438. The van der Waals surface area contributed by atoms with Gasteiger partial charge in [0.1, 0.15) is 0 Å². The van der Waals surface area contributed by atoms with Gasteiger partial charge in [0.25, 0.3) is 0 Å². The summed E-state index contributed by atoms with van der Waals surface area (Å²) in [5.74, 6) is 0.821. The van der Waals surface area contributed by atoms with Crippen molar-refractivity contribution in [1.82, 2.24) is 14.8 Å². The molecule has 126 valence electrons. The highest BCUT2D eigenvalue weighted by molar-refractivity contribution is 14.0. The molecule has 1 aromatic heterocycles. The van der Waals surface area contributed by atoms with Crippen LogP contribution in [-0.2, 0) is 23.1 Å². The number of hydrogen-bond donors (Lipinski definition) is 1. The van der Waals surface area contributed by atoms with Gasteiger partial charge in [-0.3, -0.25) is 4.99 Å². The van der Waals surface area contributed by atoms with Crippen molar-refractivity contribution in [1.29, 1.82) is 0 Å². The molecule has 1 aromatic rings. The first-order valence-electron chi connectivity index (χ1n) is 7.02. The predicted octanol–water partition coefficient (Wildman–Crippen LogP) is 1.72. The lowest BCUT2D eigenvalue weighted by atomic mass is 10.3. The summed E-state index contributed by atoms with van der Waals surface area (Å²) in [6.07, 6.45) is 1.97. The van der Waals surface area contributed by atoms with E-state index in [-0.39, 0.29) is 30.1 Å². The van der Waals surface area contributed by atoms with Gasteiger partial charge < -0.3 is 24.3 Å². The Morgan fingerprint density at radius 3 is 2.86 bits per heavy atom. The molecule has 6 nitrogen and oxygen atoms in total. The maximum atomic E-state index is 6.01. The summed E-state index contributed by atoms with van der Waals surface area (Å²) >= 11 is 6.01. The average molecular weight is 443 g/mol. The normalized spacial score (nSPS) is 18.7. The summed E-state index contributed by atoms with van der Waals surface area (Å²) < 4.78 is 13.0. The first-order valence-corrected chi connectivity index (χ1v) is 7.40. The average Bonchev–Trinajstić information content (AvgIpc) is 2.78. The van der Waals surface area contributed by atoms with E-state index in [9.17, 15) is 0 Å². The monoisotopic (exact) mass is 442 g/mol. The Morgan fingerprint density at radius 2 is 2.32 bits per heavy atom. The van der Waals surface area contributed by atoms with Crippen LogP contribution in [0.3, 0.4) is 0 Å². The highest BCUT2D eigenvalue weighted by Gasteiger charge is 2.16. The van der Waals surface area contributed by atoms with E-state index in [0.717, 1.165) is 23.2 Å². The van der Waals surface area contributed by atoms with Crippen molar-refractivity contribution < 1.29 is 9.47 Å². The molecule has 0 aromatic carbocycles. The first-order chi connectivity index (χ1) is 10.1. The zero-order valence-corrected chi connectivity index (χ0v) is 16.3. The second-order valence-electron chi connectivity index (χ2n) is 5.11. The molecule has 0 bridgehead atoms. The largest absolute Gasteiger partial charge is 0.376 e. The Kier molecular flexibility index (Phi) is 8.52.